The van der Waals surface area contributed by atoms with E-state index in [-0.39, 0.29) is 60.9 Å². The number of aryl methyl sites for hydroxylation is 1. The average molecular weight is 619 g/mol. The molecule has 0 bridgehead atoms. The molecule has 0 amide bonds. The van der Waals surface area contributed by atoms with Crippen LogP contribution in [-0.4, -0.2) is 48.0 Å². The van der Waals surface area contributed by atoms with Crippen molar-refractivity contribution in [1.29, 1.82) is 0 Å². The van der Waals surface area contributed by atoms with Gasteiger partial charge in [0.25, 0.3) is 0 Å². The summed E-state index contributed by atoms with van der Waals surface area (Å²) in [7, 11) is 0. The number of nitrogens with one attached hydrogen (secondary N) is 1. The van der Waals surface area contributed by atoms with Crippen LogP contribution in [0.15, 0.2) is 55.0 Å². The summed E-state index contributed by atoms with van der Waals surface area (Å²) in [6.45, 7) is 2.07. The maximum absolute atomic E-state index is 12.5. The highest BCUT2D eigenvalue weighted by atomic mass is 16.5. The molecule has 45 heavy (non-hydrogen) atoms. The molecule has 0 aliphatic heterocycles. The average Bonchev–Trinajstić information content (AvgIpc) is 3.73. The van der Waals surface area contributed by atoms with Crippen molar-refractivity contribution in [3.05, 3.63) is 77.2 Å². The minimum atomic E-state index is -0.905. The summed E-state index contributed by atoms with van der Waals surface area (Å²) in [5.74, 6) is -0.314. The van der Waals surface area contributed by atoms with Crippen LogP contribution in [0.2, 0.25) is 0 Å². The number of carbonyl (C=O) groups excluding carboxylic acids is 1. The number of nitrogens with two attached hydrogens (primary N) is 2. The van der Waals surface area contributed by atoms with E-state index >= 15 is 0 Å². The van der Waals surface area contributed by atoms with Gasteiger partial charge >= 0.3 is 0 Å². The summed E-state index contributed by atoms with van der Waals surface area (Å²) >= 11 is 0. The van der Waals surface area contributed by atoms with E-state index in [9.17, 15) is 25.2 Å². The van der Waals surface area contributed by atoms with Crippen molar-refractivity contribution in [2.45, 2.75) is 102 Å². The molecule has 2 aromatic heterocycles. The number of aromatic nitrogens is 2. The van der Waals surface area contributed by atoms with E-state index < -0.39 is 18.4 Å². The lowest BCUT2D eigenvalue weighted by Crippen LogP contribution is -2.25. The van der Waals surface area contributed by atoms with Crippen molar-refractivity contribution in [3.63, 3.8) is 0 Å². The van der Waals surface area contributed by atoms with Gasteiger partial charge < -0.3 is 46.2 Å². The summed E-state index contributed by atoms with van der Waals surface area (Å²) in [5, 5.41) is 42.0. The van der Waals surface area contributed by atoms with Gasteiger partial charge in [-0.3, -0.25) is 4.79 Å². The molecule has 2 heterocycles. The number of Topliss-reactive ketones (excluding diaryl/α,β-unsaturated/α-hetero) is 1. The predicted molar refractivity (Wildman–Crippen MR) is 173 cm³/mol. The number of hydrogen-bond acceptors (Lipinski definition) is 8. The molecule has 1 aliphatic carbocycles. The summed E-state index contributed by atoms with van der Waals surface area (Å²) < 4.78 is 7.89. The third-order valence-electron chi connectivity index (χ3n) is 9.17. The second-order valence-corrected chi connectivity index (χ2v) is 12.5. The number of ether oxygens (including phenoxy) is 1. The fraction of sp³-hybridized carbons (Fsp3) is 0.457. The Morgan fingerprint density at radius 2 is 1.84 bits per heavy atom. The molecular formula is C35H46N4O6. The maximum Gasteiger partial charge on any atom is 0.165 e. The number of aromatic amines is 1. The topological polar surface area (TPSA) is 180 Å². The molecular weight excluding hydrogens is 572 g/mol. The summed E-state index contributed by atoms with van der Waals surface area (Å²) in [6.07, 6.45) is 10.2. The number of phenols is 2. The van der Waals surface area contributed by atoms with Crippen molar-refractivity contribution in [2.75, 3.05) is 0 Å². The minimum absolute atomic E-state index is 0.0565. The first-order valence-electron chi connectivity index (χ1n) is 15.9. The second kappa shape index (κ2) is 14.1. The van der Waals surface area contributed by atoms with Crippen molar-refractivity contribution >= 4 is 16.7 Å². The van der Waals surface area contributed by atoms with Gasteiger partial charge in [-0.2, -0.15) is 0 Å². The van der Waals surface area contributed by atoms with Crippen molar-refractivity contribution in [2.24, 2.45) is 11.5 Å². The molecule has 242 valence electrons. The highest BCUT2D eigenvalue weighted by Gasteiger charge is 2.39. The van der Waals surface area contributed by atoms with Crippen LogP contribution in [0, 0.1) is 0 Å². The number of H-pyrrole nitrogens is 1. The first-order valence-corrected chi connectivity index (χ1v) is 15.9. The molecule has 9 N–H and O–H groups in total. The smallest absolute Gasteiger partial charge is 0.165 e. The zero-order valence-corrected chi connectivity index (χ0v) is 25.9. The van der Waals surface area contributed by atoms with Gasteiger partial charge in [0.15, 0.2) is 18.2 Å². The van der Waals surface area contributed by atoms with Crippen LogP contribution in [0.1, 0.15) is 93.1 Å². The van der Waals surface area contributed by atoms with Gasteiger partial charge in [-0.25, -0.2) is 0 Å². The molecule has 1 saturated carbocycles. The number of aliphatic hydroxyl groups is 2. The van der Waals surface area contributed by atoms with Crippen LogP contribution in [0.5, 0.6) is 17.2 Å². The number of ketones is 1. The Balaban J connectivity index is 1.27. The summed E-state index contributed by atoms with van der Waals surface area (Å²) in [4.78, 5) is 15.9. The van der Waals surface area contributed by atoms with Crippen molar-refractivity contribution in [3.8, 4) is 17.2 Å². The summed E-state index contributed by atoms with van der Waals surface area (Å²) in [5.41, 5.74) is 16.7. The van der Waals surface area contributed by atoms with E-state index in [0.29, 0.717) is 12.0 Å². The van der Waals surface area contributed by atoms with Gasteiger partial charge in [-0.15, -0.1) is 0 Å². The van der Waals surface area contributed by atoms with Crippen molar-refractivity contribution < 1.29 is 30.0 Å². The number of nitrogens with zero attached hydrogens (tertiary/aromatic N) is 1. The molecule has 2 aromatic carbocycles. The van der Waals surface area contributed by atoms with Gasteiger partial charge in [0.2, 0.25) is 0 Å². The SMILES string of the molecule is CCC[C@H](O)C[C@@H](O)CC(=O)CCc1cc(OCn2cc3[nH]cc(C4(c5cccc(C(N)N)c5)CCCC4)c3c2)c(O)cc1O. The fourth-order valence-electron chi connectivity index (χ4n) is 6.82. The van der Waals surface area contributed by atoms with Crippen LogP contribution in [0.3, 0.4) is 0 Å². The highest BCUT2D eigenvalue weighted by Crippen LogP contribution is 2.49. The Morgan fingerprint density at radius 3 is 2.58 bits per heavy atom. The number of phenolic OH excluding ortho intramolecular Hbond substituents is 2. The van der Waals surface area contributed by atoms with Gasteiger partial charge in [-0.1, -0.05) is 50.5 Å². The van der Waals surface area contributed by atoms with E-state index in [2.05, 4.69) is 23.3 Å². The quantitative estimate of drug-likeness (QED) is 0.0910. The minimum Gasteiger partial charge on any atom is -0.508 e. The number of rotatable bonds is 15. The molecule has 10 heteroatoms. The standard InChI is InChI=1S/C35H46N4O6/c1-2-6-25(40)15-27(42)16-26(41)10-9-22-14-33(32(44)17-31(22)43)45-21-39-19-28-29(18-38-30(28)20-39)35(11-3-4-12-35)24-8-5-7-23(13-24)34(36)37/h5,7-8,13-14,17-20,25,27,34,38,40,42-44H,2-4,6,9-12,15-16,21,36-37H2,1H3/t25-,27+/m0/s1. The van der Waals surface area contributed by atoms with E-state index in [0.717, 1.165) is 48.6 Å². The van der Waals surface area contributed by atoms with Crippen LogP contribution < -0.4 is 16.2 Å². The lowest BCUT2D eigenvalue weighted by Gasteiger charge is -2.30. The number of aromatic hydroxyl groups is 2. The monoisotopic (exact) mass is 618 g/mol. The Hall–Kier alpha value is -3.83. The molecule has 0 saturated heterocycles. The van der Waals surface area contributed by atoms with E-state index in [1.54, 1.807) is 6.07 Å². The van der Waals surface area contributed by atoms with E-state index in [1.165, 1.54) is 17.2 Å². The van der Waals surface area contributed by atoms with E-state index in [4.69, 9.17) is 16.2 Å². The van der Waals surface area contributed by atoms with Crippen LogP contribution in [-0.2, 0) is 23.4 Å². The molecule has 0 radical (unpaired) electrons. The Labute approximate surface area is 263 Å². The summed E-state index contributed by atoms with van der Waals surface area (Å²) in [6, 6.07) is 11.0. The zero-order chi connectivity index (χ0) is 32.1. The molecule has 5 rings (SSSR count). The largest absolute Gasteiger partial charge is 0.508 e. The first kappa shape index (κ1) is 32.6. The number of benzene rings is 2. The number of fused-ring (bicyclic) bond motifs is 1. The van der Waals surface area contributed by atoms with Crippen LogP contribution in [0.25, 0.3) is 10.9 Å². The molecule has 10 nitrogen and oxygen atoms in total. The van der Waals surface area contributed by atoms with Crippen LogP contribution in [0.4, 0.5) is 0 Å². The Bertz CT molecular complexity index is 1600. The molecule has 2 atom stereocenters. The first-order chi connectivity index (χ1) is 21.6. The third kappa shape index (κ3) is 7.36. The second-order valence-electron chi connectivity index (χ2n) is 12.5. The van der Waals surface area contributed by atoms with Gasteiger partial charge in [0.05, 0.1) is 23.9 Å². The molecule has 0 spiro atoms. The maximum atomic E-state index is 12.5. The lowest BCUT2D eigenvalue weighted by molar-refractivity contribution is -0.121. The molecule has 1 aliphatic rings. The molecule has 4 aromatic rings. The zero-order valence-electron chi connectivity index (χ0n) is 25.9. The van der Waals surface area contributed by atoms with Crippen molar-refractivity contribution in [1.82, 2.24) is 9.55 Å². The number of hydrogen-bond donors (Lipinski definition) is 7. The molecule has 0 unspecified atom stereocenters. The number of aliphatic hydroxyl groups excluding tert-OH is 2. The fourth-order valence-corrected chi connectivity index (χ4v) is 6.82. The normalized spacial score (nSPS) is 16.0. The highest BCUT2D eigenvalue weighted by molar-refractivity contribution is 5.85. The van der Waals surface area contributed by atoms with Gasteiger partial charge in [0.1, 0.15) is 11.5 Å². The van der Waals surface area contributed by atoms with E-state index in [1.807, 2.05) is 36.0 Å². The van der Waals surface area contributed by atoms with Crippen LogP contribution >= 0.6 is 0 Å². The third-order valence-corrected chi connectivity index (χ3v) is 9.17. The van der Waals surface area contributed by atoms with Gasteiger partial charge in [0, 0.05) is 48.3 Å². The Kier molecular flexibility index (Phi) is 10.2. The lowest BCUT2D eigenvalue weighted by atomic mass is 9.73. The predicted octanol–water partition coefficient (Wildman–Crippen LogP) is 5.00. The molecule has 1 fully saturated rings. The number of carbonyl (C=O) groups is 1. The van der Waals surface area contributed by atoms with Gasteiger partial charge in [-0.05, 0) is 60.4 Å². The Morgan fingerprint density at radius 1 is 1.07 bits per heavy atom.